The summed E-state index contributed by atoms with van der Waals surface area (Å²) in [6.07, 6.45) is 1.56. The summed E-state index contributed by atoms with van der Waals surface area (Å²) in [5.41, 5.74) is 1.29. The molecule has 3 nitrogen and oxygen atoms in total. The minimum atomic E-state index is -0.300. The van der Waals surface area contributed by atoms with Crippen LogP contribution in [-0.4, -0.2) is 12.9 Å². The van der Waals surface area contributed by atoms with E-state index in [0.29, 0.717) is 11.3 Å². The van der Waals surface area contributed by atoms with Gasteiger partial charge in [-0.05, 0) is 55.6 Å². The van der Waals surface area contributed by atoms with Gasteiger partial charge in [0.1, 0.15) is 17.4 Å². The van der Waals surface area contributed by atoms with Crippen molar-refractivity contribution < 1.29 is 9.53 Å². The molecule has 0 spiro atoms. The van der Waals surface area contributed by atoms with E-state index in [9.17, 15) is 10.1 Å². The molecular formula is C17H11Br2NO2. The van der Waals surface area contributed by atoms with Gasteiger partial charge in [-0.25, -0.2) is 0 Å². The highest BCUT2D eigenvalue weighted by molar-refractivity contribution is 9.11. The Bertz CT molecular complexity index is 754. The van der Waals surface area contributed by atoms with E-state index in [-0.39, 0.29) is 11.4 Å². The number of carbonyl (C=O) groups is 1. The second kappa shape index (κ2) is 7.39. The Morgan fingerprint density at radius 3 is 2.27 bits per heavy atom. The average molecular weight is 421 g/mol. The number of hydrogen-bond donors (Lipinski definition) is 0. The average Bonchev–Trinajstić information content (AvgIpc) is 2.52. The summed E-state index contributed by atoms with van der Waals surface area (Å²) in [5, 5.41) is 9.27. The van der Waals surface area contributed by atoms with E-state index in [1.807, 2.05) is 12.1 Å². The Balaban J connectivity index is 2.42. The molecule has 0 aromatic heterocycles. The number of ether oxygens (including phenoxy) is 1. The Morgan fingerprint density at radius 1 is 1.18 bits per heavy atom. The molecule has 0 bridgehead atoms. The van der Waals surface area contributed by atoms with E-state index in [4.69, 9.17) is 4.74 Å². The SMILES string of the molecule is COc1c(Br)cc(/C=C(\C#N)C(=O)c2ccccc2)cc1Br. The number of carbonyl (C=O) groups excluding carboxylic acids is 1. The molecule has 0 saturated carbocycles. The summed E-state index contributed by atoms with van der Waals surface area (Å²) < 4.78 is 6.70. The number of benzene rings is 2. The number of ketones is 1. The number of methoxy groups -OCH3 is 1. The van der Waals surface area contributed by atoms with Crippen LogP contribution in [0.15, 0.2) is 57.0 Å². The van der Waals surface area contributed by atoms with Crippen molar-refractivity contribution in [3.63, 3.8) is 0 Å². The Morgan fingerprint density at radius 2 is 1.77 bits per heavy atom. The molecular weight excluding hydrogens is 410 g/mol. The van der Waals surface area contributed by atoms with Crippen molar-refractivity contribution in [3.05, 3.63) is 68.1 Å². The van der Waals surface area contributed by atoms with E-state index in [1.54, 1.807) is 49.6 Å². The fraction of sp³-hybridized carbons (Fsp3) is 0.0588. The molecule has 2 aromatic carbocycles. The van der Waals surface area contributed by atoms with Gasteiger partial charge in [0.15, 0.2) is 0 Å². The third-order valence-electron chi connectivity index (χ3n) is 2.94. The molecule has 0 aliphatic rings. The number of allylic oxidation sites excluding steroid dienone is 1. The molecule has 0 fully saturated rings. The highest BCUT2D eigenvalue weighted by atomic mass is 79.9. The van der Waals surface area contributed by atoms with E-state index in [1.165, 1.54) is 0 Å². The molecule has 0 heterocycles. The number of Topliss-reactive ketones (excluding diaryl/α,β-unsaturated/α-hetero) is 1. The Hall–Kier alpha value is -1.90. The zero-order chi connectivity index (χ0) is 16.1. The Kier molecular flexibility index (Phi) is 5.53. The van der Waals surface area contributed by atoms with Crippen LogP contribution in [0.3, 0.4) is 0 Å². The smallest absolute Gasteiger partial charge is 0.203 e. The van der Waals surface area contributed by atoms with Crippen LogP contribution >= 0.6 is 31.9 Å². The molecule has 110 valence electrons. The van der Waals surface area contributed by atoms with Gasteiger partial charge >= 0.3 is 0 Å². The summed E-state index contributed by atoms with van der Waals surface area (Å²) in [6, 6.07) is 14.3. The van der Waals surface area contributed by atoms with Crippen LogP contribution in [0.25, 0.3) is 6.08 Å². The molecule has 0 aliphatic carbocycles. The molecule has 0 amide bonds. The first kappa shape index (κ1) is 16.5. The zero-order valence-corrected chi connectivity index (χ0v) is 14.8. The van der Waals surface area contributed by atoms with Crippen molar-refractivity contribution in [1.29, 1.82) is 5.26 Å². The fourth-order valence-electron chi connectivity index (χ4n) is 1.92. The second-order valence-electron chi connectivity index (χ2n) is 4.38. The van der Waals surface area contributed by atoms with Gasteiger partial charge in [0, 0.05) is 5.56 Å². The van der Waals surface area contributed by atoms with Crippen LogP contribution in [-0.2, 0) is 0 Å². The third-order valence-corrected chi connectivity index (χ3v) is 4.11. The number of nitriles is 1. The van der Waals surface area contributed by atoms with Gasteiger partial charge in [-0.3, -0.25) is 4.79 Å². The van der Waals surface area contributed by atoms with Crippen LogP contribution in [0.2, 0.25) is 0 Å². The van der Waals surface area contributed by atoms with Crippen molar-refractivity contribution in [1.82, 2.24) is 0 Å². The van der Waals surface area contributed by atoms with E-state index >= 15 is 0 Å². The maximum absolute atomic E-state index is 12.3. The van der Waals surface area contributed by atoms with Crippen LogP contribution in [0, 0.1) is 11.3 Å². The maximum atomic E-state index is 12.3. The van der Waals surface area contributed by atoms with E-state index in [0.717, 1.165) is 14.5 Å². The predicted molar refractivity (Wildman–Crippen MR) is 92.8 cm³/mol. The zero-order valence-electron chi connectivity index (χ0n) is 11.6. The number of halogens is 2. The summed E-state index contributed by atoms with van der Waals surface area (Å²) in [4.78, 5) is 12.3. The number of hydrogen-bond acceptors (Lipinski definition) is 3. The summed E-state index contributed by atoms with van der Waals surface area (Å²) in [6.45, 7) is 0. The molecule has 0 atom stereocenters. The monoisotopic (exact) mass is 419 g/mol. The first-order chi connectivity index (χ1) is 10.6. The van der Waals surface area contributed by atoms with Gasteiger partial charge in [-0.1, -0.05) is 30.3 Å². The van der Waals surface area contributed by atoms with Gasteiger partial charge in [-0.15, -0.1) is 0 Å². The van der Waals surface area contributed by atoms with Gasteiger partial charge in [0.2, 0.25) is 5.78 Å². The van der Waals surface area contributed by atoms with Crippen LogP contribution in [0.1, 0.15) is 15.9 Å². The molecule has 0 unspecified atom stereocenters. The van der Waals surface area contributed by atoms with Crippen molar-refractivity contribution >= 4 is 43.7 Å². The molecule has 5 heteroatoms. The molecule has 0 radical (unpaired) electrons. The third kappa shape index (κ3) is 3.65. The normalized spacial score (nSPS) is 10.9. The lowest BCUT2D eigenvalue weighted by atomic mass is 10.0. The number of nitrogens with zero attached hydrogens (tertiary/aromatic N) is 1. The topological polar surface area (TPSA) is 50.1 Å². The van der Waals surface area contributed by atoms with Crippen molar-refractivity contribution in [3.8, 4) is 11.8 Å². The summed E-state index contributed by atoms with van der Waals surface area (Å²) in [7, 11) is 1.57. The Labute approximate surface area is 145 Å². The van der Waals surface area contributed by atoms with E-state index < -0.39 is 0 Å². The summed E-state index contributed by atoms with van der Waals surface area (Å²) >= 11 is 6.80. The second-order valence-corrected chi connectivity index (χ2v) is 6.09. The van der Waals surface area contributed by atoms with Crippen LogP contribution < -0.4 is 4.74 Å². The van der Waals surface area contributed by atoms with Gasteiger partial charge in [0.25, 0.3) is 0 Å². The summed E-state index contributed by atoms with van der Waals surface area (Å²) in [5.74, 6) is 0.358. The highest BCUT2D eigenvalue weighted by Crippen LogP contribution is 2.35. The minimum absolute atomic E-state index is 0.0789. The van der Waals surface area contributed by atoms with E-state index in [2.05, 4.69) is 31.9 Å². The van der Waals surface area contributed by atoms with Gasteiger partial charge in [-0.2, -0.15) is 5.26 Å². The molecule has 2 aromatic rings. The molecule has 0 N–H and O–H groups in total. The molecule has 0 aliphatic heterocycles. The lowest BCUT2D eigenvalue weighted by molar-refractivity contribution is 0.104. The van der Waals surface area contributed by atoms with Crippen molar-refractivity contribution in [2.75, 3.05) is 7.11 Å². The van der Waals surface area contributed by atoms with Crippen molar-refractivity contribution in [2.45, 2.75) is 0 Å². The molecule has 2 rings (SSSR count). The van der Waals surface area contributed by atoms with Crippen LogP contribution in [0.5, 0.6) is 5.75 Å². The highest BCUT2D eigenvalue weighted by Gasteiger charge is 2.13. The van der Waals surface area contributed by atoms with Gasteiger partial charge in [0.05, 0.1) is 16.1 Å². The standard InChI is InChI=1S/C17H11Br2NO2/c1-22-17-14(18)8-11(9-15(17)19)7-13(10-20)16(21)12-5-3-2-4-6-12/h2-9H,1H3/b13-7+. The quantitative estimate of drug-likeness (QED) is 0.396. The maximum Gasteiger partial charge on any atom is 0.203 e. The number of rotatable bonds is 4. The molecule has 0 saturated heterocycles. The molecule has 22 heavy (non-hydrogen) atoms. The first-order valence-corrected chi connectivity index (χ1v) is 7.90. The van der Waals surface area contributed by atoms with Gasteiger partial charge < -0.3 is 4.74 Å². The minimum Gasteiger partial charge on any atom is -0.494 e. The largest absolute Gasteiger partial charge is 0.494 e. The fourth-order valence-corrected chi connectivity index (χ4v) is 3.46. The first-order valence-electron chi connectivity index (χ1n) is 6.31. The van der Waals surface area contributed by atoms with Crippen molar-refractivity contribution in [2.24, 2.45) is 0 Å². The van der Waals surface area contributed by atoms with Crippen LogP contribution in [0.4, 0.5) is 0 Å². The lowest BCUT2D eigenvalue weighted by Crippen LogP contribution is -2.01. The lowest BCUT2D eigenvalue weighted by Gasteiger charge is -2.07. The predicted octanol–water partition coefficient (Wildman–Crippen LogP) is 5.01.